The predicted octanol–water partition coefficient (Wildman–Crippen LogP) is 1.41. The van der Waals surface area contributed by atoms with E-state index in [2.05, 4.69) is 5.32 Å². The first-order chi connectivity index (χ1) is 8.63. The Bertz CT molecular complexity index is 396. The summed E-state index contributed by atoms with van der Waals surface area (Å²) in [4.78, 5) is 11.4. The number of carbonyl (C=O) groups excluding carboxylic acids is 1. The highest BCUT2D eigenvalue weighted by Gasteiger charge is 2.03. The zero-order valence-corrected chi connectivity index (χ0v) is 10.7. The molecule has 0 spiro atoms. The van der Waals surface area contributed by atoms with Gasteiger partial charge in [0.05, 0.1) is 13.2 Å². The first kappa shape index (κ1) is 14.6. The molecule has 0 aromatic heterocycles. The van der Waals surface area contributed by atoms with Crippen LogP contribution in [0.4, 0.5) is 4.39 Å². The lowest BCUT2D eigenvalue weighted by Crippen LogP contribution is -2.27. The van der Waals surface area contributed by atoms with Crippen LogP contribution in [0.15, 0.2) is 18.2 Å². The molecule has 5 heteroatoms. The maximum atomic E-state index is 13.2. The van der Waals surface area contributed by atoms with E-state index >= 15 is 0 Å². The van der Waals surface area contributed by atoms with E-state index in [1.807, 2.05) is 0 Å². The van der Waals surface area contributed by atoms with Crippen LogP contribution in [0.25, 0.3) is 0 Å². The van der Waals surface area contributed by atoms with E-state index < -0.39 is 0 Å². The van der Waals surface area contributed by atoms with Crippen LogP contribution in [0.1, 0.15) is 11.1 Å². The number of rotatable bonds is 7. The van der Waals surface area contributed by atoms with E-state index in [0.29, 0.717) is 25.3 Å². The number of amides is 1. The highest BCUT2D eigenvalue weighted by molar-refractivity contribution is 5.77. The van der Waals surface area contributed by atoms with Crippen LogP contribution < -0.4 is 5.32 Å². The maximum Gasteiger partial charge on any atom is 0.246 e. The van der Waals surface area contributed by atoms with Crippen LogP contribution >= 0.6 is 0 Å². The van der Waals surface area contributed by atoms with Gasteiger partial charge in [0.2, 0.25) is 5.91 Å². The number of benzene rings is 1. The Morgan fingerprint density at radius 1 is 1.39 bits per heavy atom. The van der Waals surface area contributed by atoms with Gasteiger partial charge in [0.1, 0.15) is 12.4 Å². The van der Waals surface area contributed by atoms with Crippen molar-refractivity contribution in [3.63, 3.8) is 0 Å². The van der Waals surface area contributed by atoms with Crippen molar-refractivity contribution < 1.29 is 18.7 Å². The number of hydrogen-bond acceptors (Lipinski definition) is 3. The molecule has 0 atom stereocenters. The molecule has 0 aliphatic heterocycles. The quantitative estimate of drug-likeness (QED) is 0.749. The highest BCUT2D eigenvalue weighted by atomic mass is 19.1. The van der Waals surface area contributed by atoms with Crippen molar-refractivity contribution in [2.24, 2.45) is 0 Å². The van der Waals surface area contributed by atoms with Gasteiger partial charge >= 0.3 is 0 Å². The van der Waals surface area contributed by atoms with Gasteiger partial charge in [-0.05, 0) is 24.1 Å². The number of nitrogens with one attached hydrogen (secondary N) is 1. The fraction of sp³-hybridized carbons (Fsp3) is 0.462. The SMILES string of the molecule is COCCOCC(=O)NCc1ccc(C)c(F)c1. The van der Waals surface area contributed by atoms with Crippen LogP contribution in [-0.2, 0) is 20.8 Å². The van der Waals surface area contributed by atoms with Crippen LogP contribution in [0.2, 0.25) is 0 Å². The molecule has 1 rings (SSSR count). The van der Waals surface area contributed by atoms with Gasteiger partial charge in [-0.25, -0.2) is 4.39 Å². The Morgan fingerprint density at radius 2 is 2.17 bits per heavy atom. The van der Waals surface area contributed by atoms with Gasteiger partial charge in [-0.15, -0.1) is 0 Å². The molecule has 1 amide bonds. The predicted molar refractivity (Wildman–Crippen MR) is 65.7 cm³/mol. The van der Waals surface area contributed by atoms with Crippen molar-refractivity contribution in [1.29, 1.82) is 0 Å². The molecular weight excluding hydrogens is 237 g/mol. The Balaban J connectivity index is 2.27. The van der Waals surface area contributed by atoms with Crippen LogP contribution in [0.5, 0.6) is 0 Å². The number of carbonyl (C=O) groups is 1. The Morgan fingerprint density at radius 3 is 2.83 bits per heavy atom. The third-order valence-corrected chi connectivity index (χ3v) is 2.39. The Hall–Kier alpha value is -1.46. The molecule has 18 heavy (non-hydrogen) atoms. The summed E-state index contributed by atoms with van der Waals surface area (Å²) in [5.74, 6) is -0.495. The zero-order chi connectivity index (χ0) is 13.4. The summed E-state index contributed by atoms with van der Waals surface area (Å²) in [6.07, 6.45) is 0. The fourth-order valence-electron chi connectivity index (χ4n) is 1.31. The minimum absolute atomic E-state index is 0.0162. The van der Waals surface area contributed by atoms with E-state index in [1.165, 1.54) is 6.07 Å². The van der Waals surface area contributed by atoms with Crippen LogP contribution in [-0.4, -0.2) is 32.8 Å². The van der Waals surface area contributed by atoms with Crippen molar-refractivity contribution in [2.75, 3.05) is 26.9 Å². The summed E-state index contributed by atoms with van der Waals surface area (Å²) in [6, 6.07) is 4.89. The van der Waals surface area contributed by atoms with Gasteiger partial charge in [0, 0.05) is 13.7 Å². The second-order valence-corrected chi connectivity index (χ2v) is 3.91. The summed E-state index contributed by atoms with van der Waals surface area (Å²) in [7, 11) is 1.56. The summed E-state index contributed by atoms with van der Waals surface area (Å²) in [5, 5.41) is 2.65. The van der Waals surface area contributed by atoms with Gasteiger partial charge in [-0.1, -0.05) is 12.1 Å². The summed E-state index contributed by atoms with van der Waals surface area (Å²) >= 11 is 0. The number of hydrogen-bond donors (Lipinski definition) is 1. The number of methoxy groups -OCH3 is 1. The second-order valence-electron chi connectivity index (χ2n) is 3.91. The lowest BCUT2D eigenvalue weighted by Gasteiger charge is -2.07. The van der Waals surface area contributed by atoms with E-state index in [1.54, 1.807) is 26.2 Å². The standard InChI is InChI=1S/C13H18FNO3/c1-10-3-4-11(7-12(10)14)8-15-13(16)9-18-6-5-17-2/h3-4,7H,5-6,8-9H2,1-2H3,(H,15,16). The Labute approximate surface area is 106 Å². The van der Waals surface area contributed by atoms with Crippen molar-refractivity contribution >= 4 is 5.91 Å². The molecule has 1 aromatic carbocycles. The molecule has 0 aliphatic carbocycles. The van der Waals surface area contributed by atoms with Gasteiger partial charge in [-0.2, -0.15) is 0 Å². The van der Waals surface area contributed by atoms with Crippen molar-refractivity contribution in [2.45, 2.75) is 13.5 Å². The van der Waals surface area contributed by atoms with Gasteiger partial charge in [-0.3, -0.25) is 4.79 Å². The first-order valence-electron chi connectivity index (χ1n) is 5.72. The largest absolute Gasteiger partial charge is 0.382 e. The molecule has 100 valence electrons. The monoisotopic (exact) mass is 255 g/mol. The number of ether oxygens (including phenoxy) is 2. The highest BCUT2D eigenvalue weighted by Crippen LogP contribution is 2.08. The molecule has 1 N–H and O–H groups in total. The van der Waals surface area contributed by atoms with E-state index in [4.69, 9.17) is 9.47 Å². The molecule has 0 bridgehead atoms. The van der Waals surface area contributed by atoms with Crippen molar-refractivity contribution in [1.82, 2.24) is 5.32 Å². The molecule has 0 fully saturated rings. The smallest absolute Gasteiger partial charge is 0.246 e. The van der Waals surface area contributed by atoms with Crippen molar-refractivity contribution in [3.05, 3.63) is 35.1 Å². The van der Waals surface area contributed by atoms with Crippen LogP contribution in [0, 0.1) is 12.7 Å². The summed E-state index contributed by atoms with van der Waals surface area (Å²) < 4.78 is 23.1. The number of aryl methyl sites for hydroxylation is 1. The van der Waals surface area contributed by atoms with Crippen LogP contribution in [0.3, 0.4) is 0 Å². The normalized spacial score (nSPS) is 10.4. The van der Waals surface area contributed by atoms with E-state index in [9.17, 15) is 9.18 Å². The zero-order valence-electron chi connectivity index (χ0n) is 10.7. The Kier molecular flexibility index (Phi) is 6.32. The molecule has 0 saturated carbocycles. The minimum Gasteiger partial charge on any atom is -0.382 e. The van der Waals surface area contributed by atoms with Gasteiger partial charge in [0.25, 0.3) is 0 Å². The average Bonchev–Trinajstić information content (AvgIpc) is 2.36. The first-order valence-corrected chi connectivity index (χ1v) is 5.72. The molecule has 0 saturated heterocycles. The van der Waals surface area contributed by atoms with E-state index in [-0.39, 0.29) is 18.3 Å². The molecular formula is C13H18FNO3. The van der Waals surface area contributed by atoms with Crippen molar-refractivity contribution in [3.8, 4) is 0 Å². The van der Waals surface area contributed by atoms with Gasteiger partial charge in [0.15, 0.2) is 0 Å². The topological polar surface area (TPSA) is 47.6 Å². The molecule has 0 unspecified atom stereocenters. The molecule has 0 aliphatic rings. The third-order valence-electron chi connectivity index (χ3n) is 2.39. The average molecular weight is 255 g/mol. The summed E-state index contributed by atoms with van der Waals surface area (Å²) in [6.45, 7) is 2.81. The third kappa shape index (κ3) is 5.25. The van der Waals surface area contributed by atoms with E-state index in [0.717, 1.165) is 5.56 Å². The summed E-state index contributed by atoms with van der Waals surface area (Å²) in [5.41, 5.74) is 1.32. The molecule has 0 radical (unpaired) electrons. The number of halogens is 1. The lowest BCUT2D eigenvalue weighted by molar-refractivity contribution is -0.126. The minimum atomic E-state index is -0.266. The molecule has 4 nitrogen and oxygen atoms in total. The molecule has 0 heterocycles. The molecule has 1 aromatic rings. The fourth-order valence-corrected chi connectivity index (χ4v) is 1.31. The second kappa shape index (κ2) is 7.79. The maximum absolute atomic E-state index is 13.2. The lowest BCUT2D eigenvalue weighted by atomic mass is 10.1. The van der Waals surface area contributed by atoms with Gasteiger partial charge < -0.3 is 14.8 Å².